The second kappa shape index (κ2) is 5.53. The first-order chi connectivity index (χ1) is 7.15. The molecular weight excluding hydrogens is 189 g/mol. The van der Waals surface area contributed by atoms with E-state index in [4.69, 9.17) is 0 Å². The molecule has 1 aromatic rings. The maximum Gasteiger partial charge on any atom is 0.129 e. The molecule has 0 heterocycles. The van der Waals surface area contributed by atoms with Crippen LogP contribution >= 0.6 is 0 Å². The molecular formula is C13H16FN. The molecule has 1 aromatic carbocycles. The molecule has 0 aliphatic rings. The van der Waals surface area contributed by atoms with Gasteiger partial charge in [0.25, 0.3) is 0 Å². The molecule has 0 amide bonds. The second-order valence-corrected chi connectivity index (χ2v) is 3.58. The Morgan fingerprint density at radius 1 is 1.27 bits per heavy atom. The molecule has 0 bridgehead atoms. The average molecular weight is 205 g/mol. The Bertz CT molecular complexity index is 376. The van der Waals surface area contributed by atoms with Crippen LogP contribution in [0.5, 0.6) is 0 Å². The standard InChI is InChI=1S/C13H16FN/c1-10-8-12(6-4-5-7-15-3)9-11(2)13(10)14/h8-9,15H,5,7H2,1-3H3. The van der Waals surface area contributed by atoms with Crippen LogP contribution in [-0.2, 0) is 0 Å². The molecule has 15 heavy (non-hydrogen) atoms. The lowest BCUT2D eigenvalue weighted by Crippen LogP contribution is -2.05. The number of benzene rings is 1. The predicted octanol–water partition coefficient (Wildman–Crippen LogP) is 2.40. The lowest BCUT2D eigenvalue weighted by Gasteiger charge is -2.01. The Kier molecular flexibility index (Phi) is 4.33. The minimum Gasteiger partial charge on any atom is -0.319 e. The molecule has 0 aliphatic carbocycles. The molecule has 2 heteroatoms. The zero-order chi connectivity index (χ0) is 11.3. The normalized spacial score (nSPS) is 9.60. The Balaban J connectivity index is 2.81. The molecule has 1 N–H and O–H groups in total. The fourth-order valence-electron chi connectivity index (χ4n) is 1.37. The highest BCUT2D eigenvalue weighted by molar-refractivity contribution is 5.40. The third kappa shape index (κ3) is 3.38. The van der Waals surface area contributed by atoms with Crippen LogP contribution in [0, 0.1) is 31.5 Å². The van der Waals surface area contributed by atoms with E-state index in [0.29, 0.717) is 11.1 Å². The Morgan fingerprint density at radius 3 is 2.40 bits per heavy atom. The van der Waals surface area contributed by atoms with Crippen molar-refractivity contribution < 1.29 is 4.39 Å². The van der Waals surface area contributed by atoms with Gasteiger partial charge >= 0.3 is 0 Å². The van der Waals surface area contributed by atoms with Crippen LogP contribution in [0.2, 0.25) is 0 Å². The van der Waals surface area contributed by atoms with Crippen LogP contribution in [0.3, 0.4) is 0 Å². The molecule has 1 nitrogen and oxygen atoms in total. The Morgan fingerprint density at radius 2 is 1.87 bits per heavy atom. The van der Waals surface area contributed by atoms with Gasteiger partial charge in [-0.25, -0.2) is 4.39 Å². The van der Waals surface area contributed by atoms with Crippen LogP contribution in [0.4, 0.5) is 4.39 Å². The summed E-state index contributed by atoms with van der Waals surface area (Å²) in [6.07, 6.45) is 0.811. The van der Waals surface area contributed by atoms with Gasteiger partial charge in [-0.3, -0.25) is 0 Å². The first kappa shape index (κ1) is 11.7. The lowest BCUT2D eigenvalue weighted by molar-refractivity contribution is 0.609. The number of aryl methyl sites for hydroxylation is 2. The van der Waals surface area contributed by atoms with Crippen LogP contribution in [0.15, 0.2) is 12.1 Å². The van der Waals surface area contributed by atoms with Crippen molar-refractivity contribution in [2.75, 3.05) is 13.6 Å². The fraction of sp³-hybridized carbons (Fsp3) is 0.385. The maximum absolute atomic E-state index is 13.3. The van der Waals surface area contributed by atoms with E-state index in [1.807, 2.05) is 7.05 Å². The first-order valence-corrected chi connectivity index (χ1v) is 5.05. The summed E-state index contributed by atoms with van der Waals surface area (Å²) in [7, 11) is 1.90. The highest BCUT2D eigenvalue weighted by atomic mass is 19.1. The van der Waals surface area contributed by atoms with Gasteiger partial charge in [-0.05, 0) is 44.2 Å². The Labute approximate surface area is 90.7 Å². The zero-order valence-electron chi connectivity index (χ0n) is 9.45. The van der Waals surface area contributed by atoms with Crippen molar-refractivity contribution in [1.82, 2.24) is 5.32 Å². The summed E-state index contributed by atoms with van der Waals surface area (Å²) in [5, 5.41) is 3.02. The maximum atomic E-state index is 13.3. The molecule has 0 radical (unpaired) electrons. The highest BCUT2D eigenvalue weighted by Crippen LogP contribution is 2.13. The van der Waals surface area contributed by atoms with E-state index in [-0.39, 0.29) is 5.82 Å². The minimum atomic E-state index is -0.129. The molecule has 0 unspecified atom stereocenters. The second-order valence-electron chi connectivity index (χ2n) is 3.58. The molecule has 0 saturated heterocycles. The molecule has 0 aromatic heterocycles. The number of halogens is 1. The molecule has 0 aliphatic heterocycles. The van der Waals surface area contributed by atoms with Crippen molar-refractivity contribution in [3.05, 3.63) is 34.6 Å². The first-order valence-electron chi connectivity index (χ1n) is 5.05. The number of hydrogen-bond acceptors (Lipinski definition) is 1. The predicted molar refractivity (Wildman–Crippen MR) is 61.3 cm³/mol. The van der Waals surface area contributed by atoms with Gasteiger partial charge in [-0.2, -0.15) is 0 Å². The quantitative estimate of drug-likeness (QED) is 0.577. The number of nitrogens with one attached hydrogen (secondary N) is 1. The van der Waals surface area contributed by atoms with Crippen molar-refractivity contribution >= 4 is 0 Å². The largest absolute Gasteiger partial charge is 0.319 e. The van der Waals surface area contributed by atoms with Gasteiger partial charge < -0.3 is 5.32 Å². The van der Waals surface area contributed by atoms with Gasteiger partial charge in [0.1, 0.15) is 5.82 Å². The highest BCUT2D eigenvalue weighted by Gasteiger charge is 2.01. The van der Waals surface area contributed by atoms with E-state index in [1.165, 1.54) is 0 Å². The molecule has 80 valence electrons. The zero-order valence-corrected chi connectivity index (χ0v) is 9.45. The average Bonchev–Trinajstić information content (AvgIpc) is 2.21. The Hall–Kier alpha value is -1.33. The van der Waals surface area contributed by atoms with Gasteiger partial charge in [0.05, 0.1) is 0 Å². The van der Waals surface area contributed by atoms with Crippen molar-refractivity contribution in [2.24, 2.45) is 0 Å². The lowest BCUT2D eigenvalue weighted by atomic mass is 10.1. The monoisotopic (exact) mass is 205 g/mol. The van der Waals surface area contributed by atoms with Gasteiger partial charge in [0.2, 0.25) is 0 Å². The van der Waals surface area contributed by atoms with Gasteiger partial charge in [-0.15, -0.1) is 0 Å². The van der Waals surface area contributed by atoms with Crippen molar-refractivity contribution in [1.29, 1.82) is 0 Å². The van der Waals surface area contributed by atoms with Crippen LogP contribution in [-0.4, -0.2) is 13.6 Å². The molecule has 0 spiro atoms. The topological polar surface area (TPSA) is 12.0 Å². The van der Waals surface area contributed by atoms with Crippen molar-refractivity contribution in [3.8, 4) is 11.8 Å². The van der Waals surface area contributed by atoms with E-state index in [2.05, 4.69) is 17.2 Å². The molecule has 1 rings (SSSR count). The number of rotatable bonds is 2. The summed E-state index contributed by atoms with van der Waals surface area (Å²) >= 11 is 0. The van der Waals surface area contributed by atoms with Gasteiger partial charge in [0, 0.05) is 18.5 Å². The summed E-state index contributed by atoms with van der Waals surface area (Å²) in [4.78, 5) is 0. The van der Waals surface area contributed by atoms with Gasteiger partial charge in [-0.1, -0.05) is 11.8 Å². The molecule has 0 fully saturated rings. The summed E-state index contributed by atoms with van der Waals surface area (Å²) in [5.41, 5.74) is 2.21. The van der Waals surface area contributed by atoms with E-state index in [1.54, 1.807) is 26.0 Å². The molecule has 0 atom stereocenters. The van der Waals surface area contributed by atoms with Crippen molar-refractivity contribution in [2.45, 2.75) is 20.3 Å². The van der Waals surface area contributed by atoms with Crippen LogP contribution in [0.25, 0.3) is 0 Å². The number of hydrogen-bond donors (Lipinski definition) is 1. The minimum absolute atomic E-state index is 0.129. The summed E-state index contributed by atoms with van der Waals surface area (Å²) < 4.78 is 13.3. The van der Waals surface area contributed by atoms with E-state index in [9.17, 15) is 4.39 Å². The summed E-state index contributed by atoms with van der Waals surface area (Å²) in [6.45, 7) is 4.41. The van der Waals surface area contributed by atoms with Gasteiger partial charge in [0.15, 0.2) is 0 Å². The van der Waals surface area contributed by atoms with Crippen LogP contribution in [0.1, 0.15) is 23.1 Å². The van der Waals surface area contributed by atoms with E-state index >= 15 is 0 Å². The van der Waals surface area contributed by atoms with Crippen LogP contribution < -0.4 is 5.32 Å². The summed E-state index contributed by atoms with van der Waals surface area (Å²) in [6, 6.07) is 3.57. The molecule has 0 saturated carbocycles. The summed E-state index contributed by atoms with van der Waals surface area (Å²) in [5.74, 6) is 5.94. The van der Waals surface area contributed by atoms with Crippen molar-refractivity contribution in [3.63, 3.8) is 0 Å². The third-order valence-electron chi connectivity index (χ3n) is 2.17. The van der Waals surface area contributed by atoms with E-state index in [0.717, 1.165) is 18.5 Å². The smallest absolute Gasteiger partial charge is 0.129 e. The SMILES string of the molecule is CNCCC#Cc1cc(C)c(F)c(C)c1. The third-order valence-corrected chi connectivity index (χ3v) is 2.17. The fourth-order valence-corrected chi connectivity index (χ4v) is 1.37. The van der Waals surface area contributed by atoms with E-state index < -0.39 is 0 Å².